The number of amides is 1. The molecule has 0 bridgehead atoms. The van der Waals surface area contributed by atoms with Crippen LogP contribution in [0.25, 0.3) is 0 Å². The lowest BCUT2D eigenvalue weighted by Gasteiger charge is -2.21. The Morgan fingerprint density at radius 2 is 1.94 bits per heavy atom. The average molecular weight is 331 g/mol. The van der Waals surface area contributed by atoms with Crippen molar-refractivity contribution in [3.63, 3.8) is 0 Å². The Morgan fingerprint density at radius 1 is 1.22 bits per heavy atom. The summed E-state index contributed by atoms with van der Waals surface area (Å²) in [6.07, 6.45) is 5.81. The fourth-order valence-electron chi connectivity index (χ4n) is 2.32. The minimum absolute atomic E-state index is 0.0723. The van der Waals surface area contributed by atoms with Crippen molar-refractivity contribution in [2.75, 3.05) is 0 Å². The summed E-state index contributed by atoms with van der Waals surface area (Å²) in [5.41, 5.74) is 0.558. The first-order valence-electron chi connectivity index (χ1n) is 6.38. The Labute approximate surface area is 121 Å². The molecule has 0 saturated heterocycles. The number of hydrogen-bond acceptors (Lipinski definition) is 1. The number of alkyl halides is 1. The van der Waals surface area contributed by atoms with Crippen LogP contribution in [0.4, 0.5) is 0 Å². The normalized spacial score (nSPS) is 24.3. The van der Waals surface area contributed by atoms with Crippen LogP contribution in [0.15, 0.2) is 24.3 Å². The highest BCUT2D eigenvalue weighted by Crippen LogP contribution is 2.24. The van der Waals surface area contributed by atoms with Crippen LogP contribution in [0.5, 0.6) is 0 Å². The number of carbonyl (C=O) groups excluding carboxylic acids is 1. The molecule has 0 spiro atoms. The zero-order chi connectivity index (χ0) is 13.0. The Balaban J connectivity index is 2.04. The van der Waals surface area contributed by atoms with Gasteiger partial charge in [-0.15, -0.1) is 0 Å². The van der Waals surface area contributed by atoms with Gasteiger partial charge in [-0.3, -0.25) is 4.79 Å². The second-order valence-electron chi connectivity index (χ2n) is 4.71. The van der Waals surface area contributed by atoms with Crippen molar-refractivity contribution in [1.82, 2.24) is 5.32 Å². The first-order chi connectivity index (χ1) is 8.68. The lowest BCUT2D eigenvalue weighted by molar-refractivity contribution is 0.0935. The third-order valence-corrected chi connectivity index (χ3v) is 4.79. The van der Waals surface area contributed by atoms with E-state index in [0.717, 1.165) is 12.8 Å². The average Bonchev–Trinajstić information content (AvgIpc) is 2.55. The minimum Gasteiger partial charge on any atom is -0.348 e. The smallest absolute Gasteiger partial charge is 0.253 e. The van der Waals surface area contributed by atoms with Gasteiger partial charge in [0.25, 0.3) is 5.91 Å². The maximum atomic E-state index is 12.2. The van der Waals surface area contributed by atoms with E-state index in [1.54, 1.807) is 12.1 Å². The molecule has 4 heteroatoms. The van der Waals surface area contributed by atoms with Gasteiger partial charge in [-0.2, -0.15) is 0 Å². The zero-order valence-electron chi connectivity index (χ0n) is 10.2. The zero-order valence-corrected chi connectivity index (χ0v) is 12.5. The van der Waals surface area contributed by atoms with Crippen molar-refractivity contribution in [2.24, 2.45) is 0 Å². The molecule has 2 rings (SSSR count). The fraction of sp³-hybridized carbons (Fsp3) is 0.500. The molecule has 1 amide bonds. The summed E-state index contributed by atoms with van der Waals surface area (Å²) in [5, 5.41) is 3.60. The number of nitrogens with one attached hydrogen (secondary N) is 1. The Morgan fingerprint density at radius 3 is 2.72 bits per heavy atom. The molecule has 1 aromatic rings. The van der Waals surface area contributed by atoms with E-state index >= 15 is 0 Å². The van der Waals surface area contributed by atoms with Crippen molar-refractivity contribution in [1.29, 1.82) is 0 Å². The highest BCUT2D eigenvalue weighted by atomic mass is 79.9. The number of carbonyl (C=O) groups is 1. The van der Waals surface area contributed by atoms with Crippen molar-refractivity contribution >= 4 is 33.4 Å². The van der Waals surface area contributed by atoms with Crippen molar-refractivity contribution in [3.8, 4) is 0 Å². The molecule has 1 N–H and O–H groups in total. The molecule has 0 aliphatic heterocycles. The van der Waals surface area contributed by atoms with Crippen LogP contribution in [0.3, 0.4) is 0 Å². The van der Waals surface area contributed by atoms with Gasteiger partial charge >= 0.3 is 0 Å². The molecular weight excluding hydrogens is 314 g/mol. The molecule has 1 fully saturated rings. The maximum Gasteiger partial charge on any atom is 0.253 e. The molecule has 0 radical (unpaired) electrons. The summed E-state index contributed by atoms with van der Waals surface area (Å²) in [5.74, 6) is -0.0723. The van der Waals surface area contributed by atoms with E-state index in [9.17, 15) is 4.79 Å². The SMILES string of the molecule is O=C(NC1CCCCCC1Br)c1ccccc1Cl. The third kappa shape index (κ3) is 3.48. The van der Waals surface area contributed by atoms with Crippen LogP contribution in [-0.2, 0) is 0 Å². The van der Waals surface area contributed by atoms with Crippen LogP contribution in [0.2, 0.25) is 5.02 Å². The number of hydrogen-bond donors (Lipinski definition) is 1. The molecule has 98 valence electrons. The van der Waals surface area contributed by atoms with E-state index in [-0.39, 0.29) is 11.9 Å². The van der Waals surface area contributed by atoms with Gasteiger partial charge in [-0.05, 0) is 25.0 Å². The van der Waals surface area contributed by atoms with Gasteiger partial charge in [0.1, 0.15) is 0 Å². The maximum absolute atomic E-state index is 12.2. The van der Waals surface area contributed by atoms with E-state index in [4.69, 9.17) is 11.6 Å². The molecule has 0 aromatic heterocycles. The number of rotatable bonds is 2. The van der Waals surface area contributed by atoms with E-state index in [1.807, 2.05) is 12.1 Å². The number of halogens is 2. The Kier molecular flexibility index (Phi) is 5.07. The quantitative estimate of drug-likeness (QED) is 0.640. The van der Waals surface area contributed by atoms with Crippen LogP contribution >= 0.6 is 27.5 Å². The van der Waals surface area contributed by atoms with Crippen molar-refractivity contribution in [3.05, 3.63) is 34.9 Å². The molecule has 2 unspecified atom stereocenters. The van der Waals surface area contributed by atoms with Crippen LogP contribution in [-0.4, -0.2) is 16.8 Å². The van der Waals surface area contributed by atoms with Gasteiger partial charge in [0.05, 0.1) is 10.6 Å². The Hall–Kier alpha value is -0.540. The summed E-state index contributed by atoms with van der Waals surface area (Å²) in [7, 11) is 0. The van der Waals surface area contributed by atoms with Crippen molar-refractivity contribution < 1.29 is 4.79 Å². The van der Waals surface area contributed by atoms with Crippen molar-refractivity contribution in [2.45, 2.75) is 43.0 Å². The highest BCUT2D eigenvalue weighted by molar-refractivity contribution is 9.09. The summed E-state index contributed by atoms with van der Waals surface area (Å²) < 4.78 is 0. The van der Waals surface area contributed by atoms with Crippen LogP contribution in [0.1, 0.15) is 42.5 Å². The molecule has 2 nitrogen and oxygen atoms in total. The van der Waals surface area contributed by atoms with Gasteiger partial charge in [-0.25, -0.2) is 0 Å². The van der Waals surface area contributed by atoms with Gasteiger partial charge in [0, 0.05) is 10.9 Å². The predicted octanol–water partition coefficient (Wildman–Crippen LogP) is 4.17. The monoisotopic (exact) mass is 329 g/mol. The summed E-state index contributed by atoms with van der Waals surface area (Å²) in [6, 6.07) is 7.38. The molecule has 1 aliphatic carbocycles. The van der Waals surface area contributed by atoms with E-state index in [1.165, 1.54) is 19.3 Å². The first kappa shape index (κ1) is 13.9. The van der Waals surface area contributed by atoms with E-state index in [2.05, 4.69) is 21.2 Å². The van der Waals surface area contributed by atoms with E-state index < -0.39 is 0 Å². The standard InChI is InChI=1S/C14H17BrClNO/c15-11-7-2-1-3-9-13(11)17-14(18)10-6-4-5-8-12(10)16/h4-6,8,11,13H,1-3,7,9H2,(H,17,18). The molecule has 0 heterocycles. The van der Waals surface area contributed by atoms with Crippen LogP contribution in [0, 0.1) is 0 Å². The molecule has 18 heavy (non-hydrogen) atoms. The molecule has 2 atom stereocenters. The topological polar surface area (TPSA) is 29.1 Å². The summed E-state index contributed by atoms with van der Waals surface area (Å²) in [4.78, 5) is 12.5. The second kappa shape index (κ2) is 6.58. The lowest BCUT2D eigenvalue weighted by atomic mass is 10.1. The highest BCUT2D eigenvalue weighted by Gasteiger charge is 2.23. The molecule has 1 saturated carbocycles. The minimum atomic E-state index is -0.0723. The van der Waals surface area contributed by atoms with Gasteiger partial charge in [0.15, 0.2) is 0 Å². The Bertz CT molecular complexity index is 424. The fourth-order valence-corrected chi connectivity index (χ4v) is 3.26. The van der Waals surface area contributed by atoms with Crippen LogP contribution < -0.4 is 5.32 Å². The summed E-state index contributed by atoms with van der Waals surface area (Å²) in [6.45, 7) is 0. The molecule has 1 aliphatic rings. The first-order valence-corrected chi connectivity index (χ1v) is 7.67. The largest absolute Gasteiger partial charge is 0.348 e. The van der Waals surface area contributed by atoms with Gasteiger partial charge < -0.3 is 5.32 Å². The predicted molar refractivity (Wildman–Crippen MR) is 78.5 cm³/mol. The molecule has 1 aromatic carbocycles. The lowest BCUT2D eigenvalue weighted by Crippen LogP contribution is -2.40. The summed E-state index contributed by atoms with van der Waals surface area (Å²) >= 11 is 9.71. The second-order valence-corrected chi connectivity index (χ2v) is 6.30. The molecular formula is C14H17BrClNO. The van der Waals surface area contributed by atoms with Gasteiger partial charge in [0.2, 0.25) is 0 Å². The third-order valence-electron chi connectivity index (χ3n) is 3.37. The van der Waals surface area contributed by atoms with Gasteiger partial charge in [-0.1, -0.05) is 58.9 Å². The number of benzene rings is 1. The van der Waals surface area contributed by atoms with E-state index in [0.29, 0.717) is 15.4 Å².